The topological polar surface area (TPSA) is 148 Å². The molecule has 1 heterocycles. The molecule has 2 rings (SSSR count). The Labute approximate surface area is 157 Å². The van der Waals surface area contributed by atoms with Crippen LogP contribution in [0.2, 0.25) is 0 Å². The van der Waals surface area contributed by atoms with Crippen LogP contribution in [0.5, 0.6) is 0 Å². The molecule has 1 aromatic rings. The molecule has 0 radical (unpaired) electrons. The molecule has 3 N–H and O–H groups in total. The lowest BCUT2D eigenvalue weighted by molar-refractivity contribution is -0.384. The molecule has 0 aromatic heterocycles. The van der Waals surface area contributed by atoms with Crippen LogP contribution in [0, 0.1) is 10.1 Å². The Bertz CT molecular complexity index is 813. The van der Waals surface area contributed by atoms with Gasteiger partial charge in [0, 0.05) is 25.7 Å². The number of ether oxygens (including phenoxy) is 1. The summed E-state index contributed by atoms with van der Waals surface area (Å²) in [5.74, 6) is -0.0169. The number of likely N-dealkylation sites (N-methyl/N-ethyl adjacent to an activating group) is 1. The van der Waals surface area contributed by atoms with Gasteiger partial charge in [-0.2, -0.15) is 0 Å². The molecule has 0 spiro atoms. The maximum absolute atomic E-state index is 12.2. The molecule has 12 heteroatoms. The smallest absolute Gasteiger partial charge is 0.293 e. The highest BCUT2D eigenvalue weighted by Gasteiger charge is 2.25. The van der Waals surface area contributed by atoms with E-state index in [0.717, 1.165) is 6.07 Å². The first-order chi connectivity index (χ1) is 12.6. The number of morpholine rings is 1. The minimum atomic E-state index is -4.04. The Morgan fingerprint density at radius 2 is 2.19 bits per heavy atom. The van der Waals surface area contributed by atoms with Crippen molar-refractivity contribution in [1.82, 2.24) is 9.80 Å². The normalized spacial score (nSPS) is 17.8. The van der Waals surface area contributed by atoms with Gasteiger partial charge < -0.3 is 19.9 Å². The van der Waals surface area contributed by atoms with Crippen molar-refractivity contribution < 1.29 is 22.9 Å². The number of nitrogens with one attached hydrogen (secondary N) is 1. The fourth-order valence-electron chi connectivity index (χ4n) is 2.65. The van der Waals surface area contributed by atoms with Crippen molar-refractivity contribution in [2.75, 3.05) is 52.2 Å². The number of benzene rings is 1. The van der Waals surface area contributed by atoms with Gasteiger partial charge in [0.25, 0.3) is 5.69 Å². The SMILES string of the molecule is CN(C)CC(=O)N1CCOC(CNc2ccc(S(N)(=O)=O)cc2[N+](=O)[O-])C1. The number of anilines is 1. The molecule has 150 valence electrons. The maximum Gasteiger partial charge on any atom is 0.293 e. The van der Waals surface area contributed by atoms with Gasteiger partial charge >= 0.3 is 0 Å². The van der Waals surface area contributed by atoms with Crippen LogP contribution in [0.3, 0.4) is 0 Å². The zero-order valence-electron chi connectivity index (χ0n) is 15.1. The summed E-state index contributed by atoms with van der Waals surface area (Å²) in [6.45, 7) is 1.75. The highest BCUT2D eigenvalue weighted by atomic mass is 32.2. The average molecular weight is 401 g/mol. The van der Waals surface area contributed by atoms with Gasteiger partial charge in [-0.1, -0.05) is 0 Å². The predicted octanol–water partition coefficient (Wildman–Crippen LogP) is -0.557. The number of rotatable bonds is 7. The van der Waals surface area contributed by atoms with E-state index in [1.54, 1.807) is 9.80 Å². The summed E-state index contributed by atoms with van der Waals surface area (Å²) in [7, 11) is -0.428. The number of carbonyl (C=O) groups excluding carboxylic acids is 1. The van der Waals surface area contributed by atoms with Gasteiger partial charge in [-0.25, -0.2) is 13.6 Å². The molecule has 1 unspecified atom stereocenters. The van der Waals surface area contributed by atoms with Gasteiger partial charge in [0.1, 0.15) is 5.69 Å². The number of nitro benzene ring substituents is 1. The second-order valence-electron chi connectivity index (χ2n) is 6.43. The molecule has 1 fully saturated rings. The number of hydrogen-bond donors (Lipinski definition) is 2. The lowest BCUT2D eigenvalue weighted by Gasteiger charge is -2.33. The summed E-state index contributed by atoms with van der Waals surface area (Å²) in [6, 6.07) is 3.39. The quantitative estimate of drug-likeness (QED) is 0.456. The summed E-state index contributed by atoms with van der Waals surface area (Å²) >= 11 is 0. The number of hydrogen-bond acceptors (Lipinski definition) is 8. The second kappa shape index (κ2) is 8.61. The van der Waals surface area contributed by atoms with E-state index in [2.05, 4.69) is 5.32 Å². The van der Waals surface area contributed by atoms with Crippen molar-refractivity contribution >= 4 is 27.3 Å². The van der Waals surface area contributed by atoms with Crippen LogP contribution in [-0.4, -0.2) is 82.0 Å². The largest absolute Gasteiger partial charge is 0.377 e. The third kappa shape index (κ3) is 5.85. The number of nitro groups is 1. The fraction of sp³-hybridized carbons (Fsp3) is 0.533. The van der Waals surface area contributed by atoms with E-state index in [-0.39, 0.29) is 29.1 Å². The van der Waals surface area contributed by atoms with Crippen LogP contribution in [-0.2, 0) is 19.6 Å². The van der Waals surface area contributed by atoms with E-state index in [1.165, 1.54) is 12.1 Å². The molecule has 1 atom stereocenters. The second-order valence-corrected chi connectivity index (χ2v) is 7.99. The van der Waals surface area contributed by atoms with E-state index in [0.29, 0.717) is 26.2 Å². The Kier molecular flexibility index (Phi) is 6.70. The summed E-state index contributed by atoms with van der Waals surface area (Å²) < 4.78 is 28.4. The minimum Gasteiger partial charge on any atom is -0.377 e. The van der Waals surface area contributed by atoms with Gasteiger partial charge in [-0.15, -0.1) is 0 Å². The minimum absolute atomic E-state index is 0.0169. The number of carbonyl (C=O) groups is 1. The summed E-state index contributed by atoms with van der Waals surface area (Å²) in [6.07, 6.45) is -0.345. The van der Waals surface area contributed by atoms with Crippen molar-refractivity contribution in [3.05, 3.63) is 28.3 Å². The first-order valence-corrected chi connectivity index (χ1v) is 9.72. The van der Waals surface area contributed by atoms with Crippen LogP contribution < -0.4 is 10.5 Å². The molecule has 1 amide bonds. The highest BCUT2D eigenvalue weighted by molar-refractivity contribution is 7.89. The molecule has 0 aliphatic carbocycles. The van der Waals surface area contributed by atoms with E-state index < -0.39 is 20.6 Å². The Balaban J connectivity index is 2.05. The molecule has 1 aliphatic heterocycles. The van der Waals surface area contributed by atoms with Crippen LogP contribution in [0.4, 0.5) is 11.4 Å². The third-order valence-corrected chi connectivity index (χ3v) is 4.87. The zero-order chi connectivity index (χ0) is 20.2. The number of primary sulfonamides is 1. The van der Waals surface area contributed by atoms with Gasteiger partial charge in [-0.3, -0.25) is 14.9 Å². The Morgan fingerprint density at radius 3 is 2.78 bits per heavy atom. The predicted molar refractivity (Wildman–Crippen MR) is 97.8 cm³/mol. The van der Waals surface area contributed by atoms with Gasteiger partial charge in [0.15, 0.2) is 0 Å². The van der Waals surface area contributed by atoms with E-state index in [4.69, 9.17) is 9.88 Å². The molecule has 1 saturated heterocycles. The molecule has 1 aromatic carbocycles. The molecular weight excluding hydrogens is 378 g/mol. The van der Waals surface area contributed by atoms with Crippen molar-refractivity contribution in [2.24, 2.45) is 5.14 Å². The fourth-order valence-corrected chi connectivity index (χ4v) is 3.19. The van der Waals surface area contributed by atoms with E-state index in [9.17, 15) is 23.3 Å². The van der Waals surface area contributed by atoms with E-state index >= 15 is 0 Å². The van der Waals surface area contributed by atoms with Crippen LogP contribution >= 0.6 is 0 Å². The first kappa shape index (κ1) is 21.0. The van der Waals surface area contributed by atoms with Crippen molar-refractivity contribution in [3.8, 4) is 0 Å². The third-order valence-electron chi connectivity index (χ3n) is 3.96. The number of nitrogens with two attached hydrogens (primary N) is 1. The van der Waals surface area contributed by atoms with Gasteiger partial charge in [0.05, 0.1) is 29.1 Å². The lowest BCUT2D eigenvalue weighted by atomic mass is 10.2. The summed E-state index contributed by atoms with van der Waals surface area (Å²) in [5, 5.41) is 19.1. The van der Waals surface area contributed by atoms with Crippen molar-refractivity contribution in [3.63, 3.8) is 0 Å². The Morgan fingerprint density at radius 1 is 1.48 bits per heavy atom. The molecule has 11 nitrogen and oxygen atoms in total. The number of nitrogens with zero attached hydrogens (tertiary/aromatic N) is 3. The zero-order valence-corrected chi connectivity index (χ0v) is 15.9. The van der Waals surface area contributed by atoms with Crippen molar-refractivity contribution in [2.45, 2.75) is 11.0 Å². The summed E-state index contributed by atoms with van der Waals surface area (Å²) in [5.41, 5.74) is -0.259. The first-order valence-electron chi connectivity index (χ1n) is 8.17. The molecule has 1 aliphatic rings. The summed E-state index contributed by atoms with van der Waals surface area (Å²) in [4.78, 5) is 25.8. The lowest BCUT2D eigenvalue weighted by Crippen LogP contribution is -2.50. The molecular formula is C15H23N5O6S. The monoisotopic (exact) mass is 401 g/mol. The van der Waals surface area contributed by atoms with Gasteiger partial charge in [-0.05, 0) is 26.2 Å². The number of sulfonamides is 1. The van der Waals surface area contributed by atoms with Crippen LogP contribution in [0.25, 0.3) is 0 Å². The maximum atomic E-state index is 12.2. The Hall–Kier alpha value is -2.28. The van der Waals surface area contributed by atoms with Crippen LogP contribution in [0.15, 0.2) is 23.1 Å². The van der Waals surface area contributed by atoms with E-state index in [1.807, 2.05) is 14.1 Å². The standard InChI is InChI=1S/C15H23N5O6S/c1-18(2)10-15(21)19-5-6-26-11(9-19)8-17-13-4-3-12(27(16,24)25)7-14(13)20(22)23/h3-4,7,11,17H,5-6,8-10H2,1-2H3,(H2,16,24,25). The average Bonchev–Trinajstić information content (AvgIpc) is 2.58. The molecule has 0 saturated carbocycles. The van der Waals surface area contributed by atoms with Crippen molar-refractivity contribution in [1.29, 1.82) is 0 Å². The molecule has 0 bridgehead atoms. The van der Waals surface area contributed by atoms with Gasteiger partial charge in [0.2, 0.25) is 15.9 Å². The number of amides is 1. The highest BCUT2D eigenvalue weighted by Crippen LogP contribution is 2.27. The molecule has 27 heavy (non-hydrogen) atoms. The van der Waals surface area contributed by atoms with Crippen LogP contribution in [0.1, 0.15) is 0 Å².